The minimum atomic E-state index is -2.09. The quantitative estimate of drug-likeness (QED) is 0.0789. The fourth-order valence-electron chi connectivity index (χ4n) is 10.4. The average Bonchev–Trinajstić information content (AvgIpc) is 3.26. The van der Waals surface area contributed by atoms with Crippen LogP contribution in [0.15, 0.2) is 11.6 Å². The predicted molar refractivity (Wildman–Crippen MR) is 169 cm³/mol. The molecule has 0 aliphatic heterocycles. The Morgan fingerprint density at radius 2 is 1.78 bits per heavy atom. The summed E-state index contributed by atoms with van der Waals surface area (Å²) in [5, 5.41) is 14.7. The van der Waals surface area contributed by atoms with Crippen LogP contribution in [-0.2, 0) is 0 Å². The Balaban J connectivity index is 1.34. The van der Waals surface area contributed by atoms with E-state index in [1.165, 1.54) is 70.6 Å². The van der Waals surface area contributed by atoms with Gasteiger partial charge in [-0.05, 0) is 129 Å². The second-order valence-corrected chi connectivity index (χ2v) is 16.4. The van der Waals surface area contributed by atoms with E-state index in [9.17, 15) is 9.90 Å². The summed E-state index contributed by atoms with van der Waals surface area (Å²) in [6.07, 6.45) is 20.0. The van der Waals surface area contributed by atoms with Crippen molar-refractivity contribution in [1.29, 1.82) is 0 Å². The van der Waals surface area contributed by atoms with E-state index in [0.29, 0.717) is 23.3 Å². The van der Waals surface area contributed by atoms with Crippen LogP contribution in [0.2, 0.25) is 0 Å². The van der Waals surface area contributed by atoms with Crippen LogP contribution in [0.5, 0.6) is 0 Å². The lowest BCUT2D eigenvalue weighted by atomic mass is 9.46. The van der Waals surface area contributed by atoms with E-state index in [0.717, 1.165) is 61.2 Å². The fourth-order valence-corrected chi connectivity index (χ4v) is 10.8. The van der Waals surface area contributed by atoms with Crippen LogP contribution in [0.25, 0.3) is 0 Å². The van der Waals surface area contributed by atoms with Crippen molar-refractivity contribution in [3.05, 3.63) is 11.6 Å². The SMILES string of the molecule is CC(C)CCC[C@@H](C)[C@H]1CCC2C3CC=C4CC(CCC(CCCNP(O)O)NC(=O)O)CC[C@]4(C)C3CC[C@@]21C. The molecule has 41 heavy (non-hydrogen) atoms. The average molecular weight is 593 g/mol. The second-order valence-electron chi connectivity index (χ2n) is 15.5. The van der Waals surface area contributed by atoms with Crippen LogP contribution in [0.4, 0.5) is 4.79 Å². The molecule has 0 aromatic carbocycles. The number of nitrogens with one attached hydrogen (secondary N) is 2. The molecule has 0 radical (unpaired) electrons. The molecule has 236 valence electrons. The second kappa shape index (κ2) is 14.4. The number of rotatable bonds is 14. The lowest BCUT2D eigenvalue weighted by Crippen LogP contribution is -2.50. The molecular weight excluding hydrogens is 531 g/mol. The molecule has 0 bridgehead atoms. The monoisotopic (exact) mass is 592 g/mol. The summed E-state index contributed by atoms with van der Waals surface area (Å²) < 4.78 is 0. The van der Waals surface area contributed by atoms with Gasteiger partial charge in [0, 0.05) is 12.6 Å². The van der Waals surface area contributed by atoms with Crippen molar-refractivity contribution in [2.45, 2.75) is 137 Å². The molecule has 0 aromatic heterocycles. The number of fused-ring (bicyclic) bond motifs is 5. The lowest BCUT2D eigenvalue weighted by molar-refractivity contribution is -0.0530. The summed E-state index contributed by atoms with van der Waals surface area (Å²) in [6.45, 7) is 13.1. The largest absolute Gasteiger partial charge is 0.465 e. The molecule has 5 N–H and O–H groups in total. The molecule has 0 heterocycles. The Kier molecular flexibility index (Phi) is 11.7. The first kappa shape index (κ1) is 33.2. The molecule has 0 spiro atoms. The summed E-state index contributed by atoms with van der Waals surface area (Å²) in [4.78, 5) is 29.5. The van der Waals surface area contributed by atoms with Gasteiger partial charge in [0.1, 0.15) is 0 Å². The highest BCUT2D eigenvalue weighted by molar-refractivity contribution is 7.42. The summed E-state index contributed by atoms with van der Waals surface area (Å²) in [7, 11) is -2.09. The highest BCUT2D eigenvalue weighted by Gasteiger charge is 2.59. The van der Waals surface area contributed by atoms with E-state index < -0.39 is 14.6 Å². The molecule has 7 heteroatoms. The molecule has 3 saturated carbocycles. The molecule has 4 aliphatic carbocycles. The zero-order valence-corrected chi connectivity index (χ0v) is 27.6. The summed E-state index contributed by atoms with van der Waals surface area (Å²) in [5.41, 5.74) is 2.62. The first-order valence-corrected chi connectivity index (χ1v) is 18.3. The molecule has 3 fully saturated rings. The number of allylic oxidation sites excluding steroid dienone is 2. The number of hydrogen-bond donors (Lipinski definition) is 5. The number of carbonyl (C=O) groups is 1. The van der Waals surface area contributed by atoms with Gasteiger partial charge in [0.15, 0.2) is 0 Å². The third-order valence-corrected chi connectivity index (χ3v) is 13.1. The van der Waals surface area contributed by atoms with Crippen LogP contribution in [0, 0.1) is 52.3 Å². The minimum Gasteiger partial charge on any atom is -0.465 e. The van der Waals surface area contributed by atoms with Gasteiger partial charge < -0.3 is 20.2 Å². The van der Waals surface area contributed by atoms with Crippen LogP contribution in [0.1, 0.15) is 131 Å². The fraction of sp³-hybridized carbons (Fsp3) is 0.912. The zero-order valence-electron chi connectivity index (χ0n) is 26.7. The van der Waals surface area contributed by atoms with Gasteiger partial charge in [-0.25, -0.2) is 4.79 Å². The van der Waals surface area contributed by atoms with Crippen molar-refractivity contribution in [3.8, 4) is 0 Å². The first-order valence-electron chi connectivity index (χ1n) is 17.0. The van der Waals surface area contributed by atoms with Gasteiger partial charge in [0.2, 0.25) is 8.53 Å². The van der Waals surface area contributed by atoms with Gasteiger partial charge in [-0.2, -0.15) is 0 Å². The van der Waals surface area contributed by atoms with Crippen molar-refractivity contribution in [1.82, 2.24) is 10.4 Å². The summed E-state index contributed by atoms with van der Waals surface area (Å²) in [6, 6.07) is -0.0740. The molecule has 4 aliphatic rings. The van der Waals surface area contributed by atoms with Crippen molar-refractivity contribution in [2.24, 2.45) is 52.3 Å². The van der Waals surface area contributed by atoms with E-state index in [2.05, 4.69) is 51.1 Å². The third-order valence-electron chi connectivity index (χ3n) is 12.6. The lowest BCUT2D eigenvalue weighted by Gasteiger charge is -2.58. The van der Waals surface area contributed by atoms with Crippen LogP contribution in [0.3, 0.4) is 0 Å². The van der Waals surface area contributed by atoms with Gasteiger partial charge in [-0.3, -0.25) is 5.09 Å². The van der Waals surface area contributed by atoms with Crippen molar-refractivity contribution in [2.75, 3.05) is 6.54 Å². The summed E-state index contributed by atoms with van der Waals surface area (Å²) in [5.74, 6) is 5.84. The maximum absolute atomic E-state index is 11.4. The Labute approximate surface area is 251 Å². The van der Waals surface area contributed by atoms with E-state index >= 15 is 0 Å². The third kappa shape index (κ3) is 7.89. The van der Waals surface area contributed by atoms with Crippen LogP contribution in [-0.4, -0.2) is 33.6 Å². The molecule has 0 saturated heterocycles. The molecular formula is C34H61N2O4P. The number of carboxylic acid groups (broad SMARTS) is 1. The molecule has 4 rings (SSSR count). The molecule has 6 nitrogen and oxygen atoms in total. The van der Waals surface area contributed by atoms with Crippen molar-refractivity contribution < 1.29 is 19.7 Å². The Hall–Kier alpha value is -0.680. The van der Waals surface area contributed by atoms with Crippen LogP contribution >= 0.6 is 8.53 Å². The van der Waals surface area contributed by atoms with E-state index in [4.69, 9.17) is 9.79 Å². The highest BCUT2D eigenvalue weighted by Crippen LogP contribution is 2.67. The van der Waals surface area contributed by atoms with Gasteiger partial charge in [-0.1, -0.05) is 65.5 Å². The maximum atomic E-state index is 11.4. The summed E-state index contributed by atoms with van der Waals surface area (Å²) >= 11 is 0. The Morgan fingerprint density at radius 1 is 1.00 bits per heavy atom. The van der Waals surface area contributed by atoms with Gasteiger partial charge in [-0.15, -0.1) is 0 Å². The van der Waals surface area contributed by atoms with E-state index in [1.807, 2.05) is 0 Å². The molecule has 0 aromatic rings. The van der Waals surface area contributed by atoms with Crippen molar-refractivity contribution >= 4 is 14.6 Å². The predicted octanol–water partition coefficient (Wildman–Crippen LogP) is 8.64. The normalized spacial score (nSPS) is 36.3. The molecule has 9 atom stereocenters. The van der Waals surface area contributed by atoms with Gasteiger partial charge in [0.05, 0.1) is 0 Å². The molecule has 1 amide bonds. The standard InChI is InChI=1S/C34H61N2O4P/c1-23(2)8-6-9-24(3)29-15-16-30-28-14-12-26-22-25(17-19-33(26,4)31(28)18-20-34(29,30)5)11-13-27(36-32(37)38)10-7-21-35-41(39)40/h12,23-25,27-31,35-36,39-40H,6-11,13-22H2,1-5H3,(H,37,38)/t24-,25?,27?,28?,29-,30?,31?,33+,34-/m1/s1. The van der Waals surface area contributed by atoms with Gasteiger partial charge in [0.25, 0.3) is 0 Å². The minimum absolute atomic E-state index is 0.0740. The van der Waals surface area contributed by atoms with Crippen molar-refractivity contribution in [3.63, 3.8) is 0 Å². The highest BCUT2D eigenvalue weighted by atomic mass is 31.2. The number of hydrogen-bond acceptors (Lipinski definition) is 4. The molecule has 5 unspecified atom stereocenters. The zero-order chi connectivity index (χ0) is 29.8. The van der Waals surface area contributed by atoms with Crippen LogP contribution < -0.4 is 10.4 Å². The number of amides is 1. The van der Waals surface area contributed by atoms with E-state index in [1.54, 1.807) is 5.57 Å². The van der Waals surface area contributed by atoms with E-state index in [-0.39, 0.29) is 6.04 Å². The Morgan fingerprint density at radius 3 is 2.49 bits per heavy atom. The first-order chi connectivity index (χ1) is 19.4. The maximum Gasteiger partial charge on any atom is 0.404 e. The van der Waals surface area contributed by atoms with Gasteiger partial charge >= 0.3 is 6.09 Å². The Bertz CT molecular complexity index is 896. The smallest absolute Gasteiger partial charge is 0.404 e. The topological polar surface area (TPSA) is 102 Å².